The summed E-state index contributed by atoms with van der Waals surface area (Å²) in [4.78, 5) is 12.8. The predicted molar refractivity (Wildman–Crippen MR) is 146 cm³/mol. The monoisotopic (exact) mass is 478 g/mol. The molecule has 0 fully saturated rings. The molecule has 1 aliphatic rings. The standard InChI is InChI=1S/C32H34N2O2/c1-22(2)36-29-16-10-24(11-17-29)21-33-32(35)26-12-14-28(15-13-26)34-30-18-9-23(3)19-27(30)20-31(34)25-7-5-4-6-8-25/h4-8,10-17,20,22-23H,9,18-19,21H2,1-3H3,(H,33,35). The Morgan fingerprint density at radius 3 is 2.42 bits per heavy atom. The van der Waals surface area contributed by atoms with Crippen LogP contribution in [0.1, 0.15) is 54.4 Å². The maximum Gasteiger partial charge on any atom is 0.251 e. The SMILES string of the molecule is CC1CCc2c(cc(-c3ccccc3)n2-c2ccc(C(=O)NCc3ccc(OC(C)C)cc3)cc2)C1. The van der Waals surface area contributed by atoms with Gasteiger partial charge < -0.3 is 14.6 Å². The summed E-state index contributed by atoms with van der Waals surface area (Å²) >= 11 is 0. The summed E-state index contributed by atoms with van der Waals surface area (Å²) in [5, 5.41) is 3.04. The zero-order chi connectivity index (χ0) is 25.1. The Hall–Kier alpha value is -3.79. The molecule has 4 heteroatoms. The van der Waals surface area contributed by atoms with E-state index >= 15 is 0 Å². The van der Waals surface area contributed by atoms with Crippen LogP contribution in [-0.2, 0) is 19.4 Å². The second kappa shape index (κ2) is 10.4. The molecule has 1 atom stereocenters. The number of aromatic nitrogens is 1. The summed E-state index contributed by atoms with van der Waals surface area (Å²) in [6.07, 6.45) is 3.54. The zero-order valence-corrected chi connectivity index (χ0v) is 21.3. The fraction of sp³-hybridized carbons (Fsp3) is 0.281. The van der Waals surface area contributed by atoms with Crippen molar-refractivity contribution in [1.82, 2.24) is 9.88 Å². The van der Waals surface area contributed by atoms with E-state index in [4.69, 9.17) is 4.74 Å². The van der Waals surface area contributed by atoms with E-state index in [-0.39, 0.29) is 12.0 Å². The van der Waals surface area contributed by atoms with Crippen molar-refractivity contribution in [3.8, 4) is 22.7 Å². The van der Waals surface area contributed by atoms with Crippen molar-refractivity contribution in [2.45, 2.75) is 52.7 Å². The molecule has 1 amide bonds. The quantitative estimate of drug-likeness (QED) is 0.311. The van der Waals surface area contributed by atoms with E-state index in [0.29, 0.717) is 18.0 Å². The number of fused-ring (bicyclic) bond motifs is 1. The Bertz CT molecular complexity index is 1320. The summed E-state index contributed by atoms with van der Waals surface area (Å²) in [7, 11) is 0. The van der Waals surface area contributed by atoms with E-state index in [2.05, 4.69) is 65.3 Å². The molecule has 5 rings (SSSR count). The summed E-state index contributed by atoms with van der Waals surface area (Å²) in [6, 6.07) is 28.8. The molecule has 0 saturated carbocycles. The van der Waals surface area contributed by atoms with E-state index in [1.165, 1.54) is 28.9 Å². The van der Waals surface area contributed by atoms with Crippen molar-refractivity contribution in [3.63, 3.8) is 0 Å². The van der Waals surface area contributed by atoms with Crippen molar-refractivity contribution < 1.29 is 9.53 Å². The molecular weight excluding hydrogens is 444 g/mol. The van der Waals surface area contributed by atoms with Crippen molar-refractivity contribution in [2.75, 3.05) is 0 Å². The molecule has 1 unspecified atom stereocenters. The predicted octanol–water partition coefficient (Wildman–Crippen LogP) is 6.99. The lowest BCUT2D eigenvalue weighted by molar-refractivity contribution is 0.0951. The normalized spacial score (nSPS) is 14.9. The number of ether oxygens (including phenoxy) is 1. The fourth-order valence-corrected chi connectivity index (χ4v) is 5.03. The second-order valence-corrected chi connectivity index (χ2v) is 10.1. The Labute approximate surface area is 213 Å². The molecule has 1 aromatic heterocycles. The van der Waals surface area contributed by atoms with E-state index in [1.807, 2.05) is 50.2 Å². The molecule has 4 aromatic rings. The molecule has 0 aliphatic heterocycles. The van der Waals surface area contributed by atoms with Gasteiger partial charge in [-0.15, -0.1) is 0 Å². The van der Waals surface area contributed by atoms with Crippen LogP contribution >= 0.6 is 0 Å². The topological polar surface area (TPSA) is 43.3 Å². The number of amides is 1. The summed E-state index contributed by atoms with van der Waals surface area (Å²) < 4.78 is 8.08. The number of hydrogen-bond acceptors (Lipinski definition) is 2. The van der Waals surface area contributed by atoms with Gasteiger partial charge in [0, 0.05) is 23.5 Å². The van der Waals surface area contributed by atoms with Gasteiger partial charge in [0.2, 0.25) is 0 Å². The lowest BCUT2D eigenvalue weighted by Crippen LogP contribution is -2.22. The molecule has 1 aliphatic carbocycles. The molecule has 36 heavy (non-hydrogen) atoms. The van der Waals surface area contributed by atoms with Gasteiger partial charge in [0.1, 0.15) is 5.75 Å². The molecule has 4 nitrogen and oxygen atoms in total. The van der Waals surface area contributed by atoms with Gasteiger partial charge in [0.25, 0.3) is 5.91 Å². The van der Waals surface area contributed by atoms with Gasteiger partial charge in [-0.25, -0.2) is 0 Å². The minimum atomic E-state index is -0.0734. The highest BCUT2D eigenvalue weighted by Crippen LogP contribution is 2.35. The van der Waals surface area contributed by atoms with E-state index < -0.39 is 0 Å². The first kappa shape index (κ1) is 23.9. The van der Waals surface area contributed by atoms with Crippen LogP contribution in [0.15, 0.2) is 84.9 Å². The third-order valence-corrected chi connectivity index (χ3v) is 6.84. The first-order valence-corrected chi connectivity index (χ1v) is 12.9. The Morgan fingerprint density at radius 2 is 1.72 bits per heavy atom. The largest absolute Gasteiger partial charge is 0.491 e. The molecule has 184 valence electrons. The lowest BCUT2D eigenvalue weighted by atomic mass is 9.89. The molecule has 1 heterocycles. The highest BCUT2D eigenvalue weighted by atomic mass is 16.5. The highest BCUT2D eigenvalue weighted by Gasteiger charge is 2.23. The number of benzene rings is 3. The number of nitrogens with one attached hydrogen (secondary N) is 1. The van der Waals surface area contributed by atoms with Crippen LogP contribution in [0.25, 0.3) is 16.9 Å². The average Bonchev–Trinajstić information content (AvgIpc) is 3.27. The summed E-state index contributed by atoms with van der Waals surface area (Å²) in [6.45, 7) is 6.83. The van der Waals surface area contributed by atoms with Gasteiger partial charge in [0.05, 0.1) is 11.8 Å². The van der Waals surface area contributed by atoms with Gasteiger partial charge >= 0.3 is 0 Å². The van der Waals surface area contributed by atoms with Crippen molar-refractivity contribution in [2.24, 2.45) is 5.92 Å². The van der Waals surface area contributed by atoms with Gasteiger partial charge in [-0.05, 0) is 98.2 Å². The number of carbonyl (C=O) groups excluding carboxylic acids is 1. The molecule has 3 aromatic carbocycles. The second-order valence-electron chi connectivity index (χ2n) is 10.1. The Kier molecular flexibility index (Phi) is 6.95. The van der Waals surface area contributed by atoms with Crippen LogP contribution in [0.3, 0.4) is 0 Å². The van der Waals surface area contributed by atoms with Crippen molar-refractivity contribution in [1.29, 1.82) is 0 Å². The first-order valence-electron chi connectivity index (χ1n) is 12.9. The van der Waals surface area contributed by atoms with E-state index in [1.54, 1.807) is 0 Å². The average molecular weight is 479 g/mol. The van der Waals surface area contributed by atoms with Crippen molar-refractivity contribution in [3.05, 3.63) is 107 Å². The number of nitrogens with zero attached hydrogens (tertiary/aromatic N) is 1. The first-order chi connectivity index (χ1) is 17.5. The fourth-order valence-electron chi connectivity index (χ4n) is 5.03. The zero-order valence-electron chi connectivity index (χ0n) is 21.3. The third-order valence-electron chi connectivity index (χ3n) is 6.84. The lowest BCUT2D eigenvalue weighted by Gasteiger charge is -2.21. The van der Waals surface area contributed by atoms with Crippen molar-refractivity contribution >= 4 is 5.91 Å². The maximum absolute atomic E-state index is 12.8. The Balaban J connectivity index is 1.34. The van der Waals surface area contributed by atoms with Crippen LogP contribution in [0, 0.1) is 5.92 Å². The van der Waals surface area contributed by atoms with Gasteiger partial charge in [-0.2, -0.15) is 0 Å². The third kappa shape index (κ3) is 5.23. The maximum atomic E-state index is 12.8. The highest BCUT2D eigenvalue weighted by molar-refractivity contribution is 5.94. The van der Waals surface area contributed by atoms with Crippen LogP contribution < -0.4 is 10.1 Å². The van der Waals surface area contributed by atoms with E-state index in [9.17, 15) is 4.79 Å². The van der Waals surface area contributed by atoms with E-state index in [0.717, 1.165) is 29.8 Å². The minimum Gasteiger partial charge on any atom is -0.491 e. The van der Waals surface area contributed by atoms with Gasteiger partial charge in [-0.3, -0.25) is 4.79 Å². The molecule has 0 bridgehead atoms. The van der Waals surface area contributed by atoms with Crippen LogP contribution in [0.2, 0.25) is 0 Å². The number of rotatable bonds is 7. The van der Waals surface area contributed by atoms with Crippen LogP contribution in [0.4, 0.5) is 0 Å². The van der Waals surface area contributed by atoms with Crippen LogP contribution in [-0.4, -0.2) is 16.6 Å². The van der Waals surface area contributed by atoms with Gasteiger partial charge in [0.15, 0.2) is 0 Å². The Morgan fingerprint density at radius 1 is 1.00 bits per heavy atom. The number of carbonyl (C=O) groups is 1. The molecule has 0 spiro atoms. The molecule has 0 radical (unpaired) electrons. The molecule has 0 saturated heterocycles. The van der Waals surface area contributed by atoms with Gasteiger partial charge in [-0.1, -0.05) is 49.4 Å². The molecular formula is C32H34N2O2. The van der Waals surface area contributed by atoms with Crippen LogP contribution in [0.5, 0.6) is 5.75 Å². The summed E-state index contributed by atoms with van der Waals surface area (Å²) in [5.41, 5.74) is 8.07. The smallest absolute Gasteiger partial charge is 0.251 e. The summed E-state index contributed by atoms with van der Waals surface area (Å²) in [5.74, 6) is 1.48. The number of hydrogen-bond donors (Lipinski definition) is 1. The minimum absolute atomic E-state index is 0.0734. The molecule has 1 N–H and O–H groups in total.